The van der Waals surface area contributed by atoms with Gasteiger partial charge in [-0.05, 0) is 39.8 Å². The highest BCUT2D eigenvalue weighted by Crippen LogP contribution is 2.27. The van der Waals surface area contributed by atoms with E-state index in [0.29, 0.717) is 18.7 Å². The fourth-order valence-corrected chi connectivity index (χ4v) is 2.96. The maximum Gasteiger partial charge on any atom is 0.325 e. The third kappa shape index (κ3) is 2.29. The second kappa shape index (κ2) is 5.10. The van der Waals surface area contributed by atoms with Gasteiger partial charge in [0.2, 0.25) is 0 Å². The standard InChI is InChI=1S/C13H20N6O2/c1-9(2)19-8-15-17-10(19)7-18-11(20)13(16-12(18)21)3-5-14-6-4-13/h8-9,14H,3-7H2,1-2H3,(H,16,21). The zero-order valence-corrected chi connectivity index (χ0v) is 12.3. The molecule has 2 N–H and O–H groups in total. The number of hydrogen-bond donors (Lipinski definition) is 2. The van der Waals surface area contributed by atoms with Gasteiger partial charge in [-0.2, -0.15) is 0 Å². The molecule has 3 rings (SSSR count). The minimum Gasteiger partial charge on any atom is -0.323 e. The molecule has 2 aliphatic heterocycles. The van der Waals surface area contributed by atoms with Crippen molar-refractivity contribution in [2.75, 3.05) is 13.1 Å². The Morgan fingerprint density at radius 3 is 2.71 bits per heavy atom. The molecule has 0 atom stereocenters. The Balaban J connectivity index is 1.81. The van der Waals surface area contributed by atoms with Crippen molar-refractivity contribution in [3.63, 3.8) is 0 Å². The van der Waals surface area contributed by atoms with Crippen LogP contribution >= 0.6 is 0 Å². The largest absolute Gasteiger partial charge is 0.325 e. The number of piperidine rings is 1. The second-order valence-corrected chi connectivity index (χ2v) is 5.90. The molecular weight excluding hydrogens is 272 g/mol. The van der Waals surface area contributed by atoms with E-state index in [4.69, 9.17) is 0 Å². The molecule has 0 aromatic carbocycles. The van der Waals surface area contributed by atoms with E-state index in [1.54, 1.807) is 6.33 Å². The number of amides is 3. The van der Waals surface area contributed by atoms with E-state index in [-0.39, 0.29) is 24.5 Å². The van der Waals surface area contributed by atoms with Gasteiger partial charge in [0.05, 0.1) is 6.54 Å². The molecule has 2 fully saturated rings. The Morgan fingerprint density at radius 2 is 2.05 bits per heavy atom. The number of urea groups is 1. The SMILES string of the molecule is CC(C)n1cnnc1CN1C(=O)NC2(CCNCC2)C1=O. The van der Waals surface area contributed by atoms with Crippen LogP contribution in [0.5, 0.6) is 0 Å². The lowest BCUT2D eigenvalue weighted by atomic mass is 9.88. The first-order chi connectivity index (χ1) is 10.0. The number of carbonyl (C=O) groups is 2. The van der Waals surface area contributed by atoms with Crippen molar-refractivity contribution in [2.45, 2.75) is 44.8 Å². The maximum atomic E-state index is 12.7. The Labute approximate surface area is 122 Å². The third-order valence-corrected chi connectivity index (χ3v) is 4.21. The van der Waals surface area contributed by atoms with Gasteiger partial charge in [-0.15, -0.1) is 10.2 Å². The number of nitrogens with one attached hydrogen (secondary N) is 2. The first kappa shape index (κ1) is 14.0. The molecule has 3 heterocycles. The quantitative estimate of drug-likeness (QED) is 0.767. The smallest absolute Gasteiger partial charge is 0.323 e. The summed E-state index contributed by atoms with van der Waals surface area (Å²) in [6, 6.07) is -0.149. The van der Waals surface area contributed by atoms with Crippen molar-refractivity contribution >= 4 is 11.9 Å². The molecule has 21 heavy (non-hydrogen) atoms. The van der Waals surface area contributed by atoms with Crippen molar-refractivity contribution < 1.29 is 9.59 Å². The maximum absolute atomic E-state index is 12.7. The zero-order chi connectivity index (χ0) is 15.0. The summed E-state index contributed by atoms with van der Waals surface area (Å²) in [6.07, 6.45) is 2.88. The average molecular weight is 292 g/mol. The molecule has 0 radical (unpaired) electrons. The molecule has 8 heteroatoms. The fourth-order valence-electron chi connectivity index (χ4n) is 2.96. The molecule has 1 aromatic heterocycles. The van der Waals surface area contributed by atoms with Gasteiger partial charge < -0.3 is 15.2 Å². The van der Waals surface area contributed by atoms with E-state index >= 15 is 0 Å². The lowest BCUT2D eigenvalue weighted by Crippen LogP contribution is -2.53. The fraction of sp³-hybridized carbons (Fsp3) is 0.692. The van der Waals surface area contributed by atoms with E-state index in [1.807, 2.05) is 18.4 Å². The molecule has 0 unspecified atom stereocenters. The molecule has 1 aromatic rings. The molecule has 0 aliphatic carbocycles. The summed E-state index contributed by atoms with van der Waals surface area (Å²) in [5.41, 5.74) is -0.731. The summed E-state index contributed by atoms with van der Waals surface area (Å²) in [4.78, 5) is 26.1. The number of aromatic nitrogens is 3. The molecule has 2 aliphatic rings. The number of imide groups is 1. The average Bonchev–Trinajstić information content (AvgIpc) is 3.00. The van der Waals surface area contributed by atoms with E-state index in [0.717, 1.165) is 13.1 Å². The van der Waals surface area contributed by atoms with Crippen LogP contribution in [-0.2, 0) is 11.3 Å². The molecule has 3 amide bonds. The lowest BCUT2D eigenvalue weighted by molar-refractivity contribution is -0.132. The van der Waals surface area contributed by atoms with Crippen LogP contribution in [0.2, 0.25) is 0 Å². The Kier molecular flexibility index (Phi) is 3.40. The topological polar surface area (TPSA) is 92.2 Å². The van der Waals surface area contributed by atoms with Gasteiger partial charge in [-0.25, -0.2) is 4.79 Å². The number of rotatable bonds is 3. The summed E-state index contributed by atoms with van der Waals surface area (Å²) in [6.45, 7) is 5.65. The third-order valence-electron chi connectivity index (χ3n) is 4.21. The van der Waals surface area contributed by atoms with Gasteiger partial charge >= 0.3 is 6.03 Å². The van der Waals surface area contributed by atoms with E-state index in [9.17, 15) is 9.59 Å². The summed E-state index contributed by atoms with van der Waals surface area (Å²) in [5, 5.41) is 14.0. The number of nitrogens with zero attached hydrogens (tertiary/aromatic N) is 4. The van der Waals surface area contributed by atoms with Crippen molar-refractivity contribution in [3.8, 4) is 0 Å². The lowest BCUT2D eigenvalue weighted by Gasteiger charge is -2.31. The summed E-state index contributed by atoms with van der Waals surface area (Å²) >= 11 is 0. The first-order valence-electron chi connectivity index (χ1n) is 7.27. The normalized spacial score (nSPS) is 21.4. The van der Waals surface area contributed by atoms with Crippen LogP contribution in [0.1, 0.15) is 38.6 Å². The summed E-state index contributed by atoms with van der Waals surface area (Å²) < 4.78 is 1.87. The predicted molar refractivity (Wildman–Crippen MR) is 74.3 cm³/mol. The highest BCUT2D eigenvalue weighted by atomic mass is 16.2. The van der Waals surface area contributed by atoms with E-state index in [2.05, 4.69) is 20.8 Å². The van der Waals surface area contributed by atoms with Gasteiger partial charge in [-0.1, -0.05) is 0 Å². The molecule has 2 saturated heterocycles. The van der Waals surface area contributed by atoms with Crippen molar-refractivity contribution in [2.24, 2.45) is 0 Å². The van der Waals surface area contributed by atoms with Crippen LogP contribution in [0, 0.1) is 0 Å². The van der Waals surface area contributed by atoms with Crippen LogP contribution in [0.4, 0.5) is 4.79 Å². The van der Waals surface area contributed by atoms with Gasteiger partial charge in [0.25, 0.3) is 5.91 Å². The van der Waals surface area contributed by atoms with Crippen LogP contribution in [0.25, 0.3) is 0 Å². The number of carbonyl (C=O) groups excluding carboxylic acids is 2. The minimum absolute atomic E-state index is 0.146. The molecule has 0 bridgehead atoms. The second-order valence-electron chi connectivity index (χ2n) is 5.90. The molecule has 1 spiro atoms. The van der Waals surface area contributed by atoms with Crippen LogP contribution in [0.15, 0.2) is 6.33 Å². The highest BCUT2D eigenvalue weighted by Gasteiger charge is 2.51. The van der Waals surface area contributed by atoms with Gasteiger partial charge in [-0.3, -0.25) is 9.69 Å². The Bertz CT molecular complexity index is 561. The van der Waals surface area contributed by atoms with Crippen LogP contribution < -0.4 is 10.6 Å². The molecular formula is C13H20N6O2. The van der Waals surface area contributed by atoms with Crippen molar-refractivity contribution in [1.29, 1.82) is 0 Å². The van der Waals surface area contributed by atoms with Crippen molar-refractivity contribution in [1.82, 2.24) is 30.3 Å². The predicted octanol–water partition coefficient (Wildman–Crippen LogP) is 0.0330. The van der Waals surface area contributed by atoms with Crippen molar-refractivity contribution in [3.05, 3.63) is 12.2 Å². The van der Waals surface area contributed by atoms with Gasteiger partial charge in [0, 0.05) is 6.04 Å². The Morgan fingerprint density at radius 1 is 1.33 bits per heavy atom. The monoisotopic (exact) mass is 292 g/mol. The minimum atomic E-state index is -0.731. The van der Waals surface area contributed by atoms with Gasteiger partial charge in [0.1, 0.15) is 11.9 Å². The first-order valence-corrected chi connectivity index (χ1v) is 7.27. The van der Waals surface area contributed by atoms with E-state index in [1.165, 1.54) is 4.90 Å². The number of hydrogen-bond acceptors (Lipinski definition) is 5. The van der Waals surface area contributed by atoms with E-state index < -0.39 is 5.54 Å². The summed E-state index contributed by atoms with van der Waals surface area (Å²) in [7, 11) is 0. The molecule has 114 valence electrons. The summed E-state index contributed by atoms with van der Waals surface area (Å²) in [5.74, 6) is 0.479. The Hall–Kier alpha value is -1.96. The molecule has 8 nitrogen and oxygen atoms in total. The highest BCUT2D eigenvalue weighted by molar-refractivity contribution is 6.07. The van der Waals surface area contributed by atoms with Crippen LogP contribution in [0.3, 0.4) is 0 Å². The molecule has 0 saturated carbocycles. The zero-order valence-electron chi connectivity index (χ0n) is 12.3. The van der Waals surface area contributed by atoms with Gasteiger partial charge in [0.15, 0.2) is 5.82 Å². The van der Waals surface area contributed by atoms with Crippen LogP contribution in [-0.4, -0.2) is 50.2 Å².